The number of hydrogen-bond acceptors (Lipinski definition) is 1. The number of benzene rings is 1. The summed E-state index contributed by atoms with van der Waals surface area (Å²) in [5.41, 5.74) is 11.7. The maximum atomic E-state index is 6.41. The molecule has 0 radical (unpaired) electrons. The van der Waals surface area contributed by atoms with Gasteiger partial charge in [0.25, 0.3) is 0 Å². The molecular formula is C15H22BrN. The van der Waals surface area contributed by atoms with Crippen molar-refractivity contribution in [1.29, 1.82) is 0 Å². The van der Waals surface area contributed by atoms with E-state index in [1.54, 1.807) is 0 Å². The lowest BCUT2D eigenvalue weighted by Gasteiger charge is -2.29. The van der Waals surface area contributed by atoms with E-state index in [1.165, 1.54) is 46.0 Å². The quantitative estimate of drug-likeness (QED) is 0.869. The van der Waals surface area contributed by atoms with Crippen LogP contribution in [0, 0.1) is 26.7 Å². The lowest BCUT2D eigenvalue weighted by Crippen LogP contribution is -2.21. The van der Waals surface area contributed by atoms with Gasteiger partial charge < -0.3 is 5.73 Å². The van der Waals surface area contributed by atoms with Gasteiger partial charge in [0, 0.05) is 10.5 Å². The lowest BCUT2D eigenvalue weighted by atomic mass is 9.78. The van der Waals surface area contributed by atoms with Crippen LogP contribution in [-0.2, 0) is 0 Å². The zero-order valence-corrected chi connectivity index (χ0v) is 12.6. The second-order valence-electron chi connectivity index (χ2n) is 5.50. The van der Waals surface area contributed by atoms with Crippen molar-refractivity contribution in [3.63, 3.8) is 0 Å². The van der Waals surface area contributed by atoms with Crippen LogP contribution in [0.4, 0.5) is 0 Å². The maximum Gasteiger partial charge on any atom is 0.0303 e. The van der Waals surface area contributed by atoms with Gasteiger partial charge in [0.2, 0.25) is 0 Å². The summed E-state index contributed by atoms with van der Waals surface area (Å²) in [6.45, 7) is 6.51. The molecule has 0 saturated heterocycles. The van der Waals surface area contributed by atoms with Gasteiger partial charge in [0.15, 0.2) is 0 Å². The van der Waals surface area contributed by atoms with Gasteiger partial charge in [-0.3, -0.25) is 0 Å². The number of halogens is 1. The highest BCUT2D eigenvalue weighted by Crippen LogP contribution is 2.37. The summed E-state index contributed by atoms with van der Waals surface area (Å²) >= 11 is 3.67. The van der Waals surface area contributed by atoms with E-state index in [0.29, 0.717) is 0 Å². The van der Waals surface area contributed by atoms with Gasteiger partial charge >= 0.3 is 0 Å². The van der Waals surface area contributed by atoms with Crippen molar-refractivity contribution in [1.82, 2.24) is 0 Å². The molecule has 0 spiro atoms. The Bertz CT molecular complexity index is 421. The summed E-state index contributed by atoms with van der Waals surface area (Å²) in [5, 5.41) is 0. The van der Waals surface area contributed by atoms with Gasteiger partial charge in [-0.25, -0.2) is 0 Å². The Balaban J connectivity index is 2.27. The van der Waals surface area contributed by atoms with Crippen LogP contribution < -0.4 is 5.73 Å². The van der Waals surface area contributed by atoms with E-state index in [4.69, 9.17) is 5.73 Å². The van der Waals surface area contributed by atoms with Gasteiger partial charge in [0.05, 0.1) is 0 Å². The van der Waals surface area contributed by atoms with Crippen molar-refractivity contribution in [3.8, 4) is 0 Å². The third-order valence-electron chi connectivity index (χ3n) is 4.12. The van der Waals surface area contributed by atoms with Crippen LogP contribution in [0.2, 0.25) is 0 Å². The van der Waals surface area contributed by atoms with E-state index in [9.17, 15) is 0 Å². The Morgan fingerprint density at radius 1 is 1.29 bits per heavy atom. The van der Waals surface area contributed by atoms with Crippen molar-refractivity contribution in [3.05, 3.63) is 32.8 Å². The Morgan fingerprint density at radius 3 is 2.47 bits per heavy atom. The molecular weight excluding hydrogens is 274 g/mol. The molecule has 17 heavy (non-hydrogen) atoms. The minimum atomic E-state index is 0.206. The molecule has 0 aliphatic heterocycles. The van der Waals surface area contributed by atoms with E-state index in [-0.39, 0.29) is 6.04 Å². The highest BCUT2D eigenvalue weighted by Gasteiger charge is 2.23. The summed E-state index contributed by atoms with van der Waals surface area (Å²) in [7, 11) is 0. The average Bonchev–Trinajstić information content (AvgIpc) is 2.20. The smallest absolute Gasteiger partial charge is 0.0303 e. The van der Waals surface area contributed by atoms with E-state index in [1.807, 2.05) is 0 Å². The zero-order valence-electron chi connectivity index (χ0n) is 11.0. The van der Waals surface area contributed by atoms with E-state index in [2.05, 4.69) is 42.8 Å². The molecule has 2 rings (SSSR count). The first-order valence-corrected chi connectivity index (χ1v) is 7.31. The number of rotatable bonds is 3. The van der Waals surface area contributed by atoms with E-state index >= 15 is 0 Å². The Kier molecular flexibility index (Phi) is 3.94. The van der Waals surface area contributed by atoms with Crippen LogP contribution in [0.15, 0.2) is 10.5 Å². The second kappa shape index (κ2) is 5.11. The molecule has 0 amide bonds. The number of nitrogens with two attached hydrogens (primary N) is 1. The van der Waals surface area contributed by atoms with Crippen molar-refractivity contribution < 1.29 is 0 Å². The first-order chi connectivity index (χ1) is 8.00. The molecule has 1 saturated carbocycles. The molecule has 1 fully saturated rings. The van der Waals surface area contributed by atoms with Crippen molar-refractivity contribution in [2.45, 2.75) is 52.5 Å². The summed E-state index contributed by atoms with van der Waals surface area (Å²) in [5.74, 6) is 0.865. The summed E-state index contributed by atoms with van der Waals surface area (Å²) in [4.78, 5) is 0. The SMILES string of the molecule is Cc1cc(C)c(C(N)CC2CCC2)c(C)c1Br. The summed E-state index contributed by atoms with van der Waals surface area (Å²) in [6.07, 6.45) is 5.29. The average molecular weight is 296 g/mol. The monoisotopic (exact) mass is 295 g/mol. The topological polar surface area (TPSA) is 26.0 Å². The Hall–Kier alpha value is -0.340. The fourth-order valence-electron chi connectivity index (χ4n) is 2.95. The third-order valence-corrected chi connectivity index (χ3v) is 5.34. The zero-order chi connectivity index (χ0) is 12.6. The minimum Gasteiger partial charge on any atom is -0.324 e. The molecule has 1 aliphatic carbocycles. The van der Waals surface area contributed by atoms with Gasteiger partial charge in [-0.15, -0.1) is 0 Å². The molecule has 1 nitrogen and oxygen atoms in total. The fraction of sp³-hybridized carbons (Fsp3) is 0.600. The maximum absolute atomic E-state index is 6.41. The minimum absolute atomic E-state index is 0.206. The van der Waals surface area contributed by atoms with Crippen LogP contribution >= 0.6 is 15.9 Å². The molecule has 0 heterocycles. The molecule has 1 unspecified atom stereocenters. The lowest BCUT2D eigenvalue weighted by molar-refractivity contribution is 0.277. The van der Waals surface area contributed by atoms with Crippen molar-refractivity contribution in [2.75, 3.05) is 0 Å². The van der Waals surface area contributed by atoms with Gasteiger partial charge in [-0.1, -0.05) is 41.3 Å². The molecule has 1 aliphatic rings. The van der Waals surface area contributed by atoms with Crippen molar-refractivity contribution >= 4 is 15.9 Å². The third kappa shape index (κ3) is 2.58. The first kappa shape index (κ1) is 13.1. The van der Waals surface area contributed by atoms with Gasteiger partial charge in [-0.05, 0) is 55.4 Å². The number of aryl methyl sites for hydroxylation is 2. The molecule has 0 bridgehead atoms. The summed E-state index contributed by atoms with van der Waals surface area (Å²) in [6, 6.07) is 2.45. The van der Waals surface area contributed by atoms with Crippen molar-refractivity contribution in [2.24, 2.45) is 11.7 Å². The normalized spacial score (nSPS) is 17.9. The highest BCUT2D eigenvalue weighted by atomic mass is 79.9. The summed E-state index contributed by atoms with van der Waals surface area (Å²) < 4.78 is 1.22. The Morgan fingerprint density at radius 2 is 1.94 bits per heavy atom. The van der Waals surface area contributed by atoms with E-state index in [0.717, 1.165) is 12.3 Å². The highest BCUT2D eigenvalue weighted by molar-refractivity contribution is 9.10. The predicted molar refractivity (Wildman–Crippen MR) is 77.2 cm³/mol. The van der Waals surface area contributed by atoms with Crippen LogP contribution in [-0.4, -0.2) is 0 Å². The van der Waals surface area contributed by atoms with Crippen LogP contribution in [0.25, 0.3) is 0 Å². The van der Waals surface area contributed by atoms with Crippen LogP contribution in [0.1, 0.15) is 54.0 Å². The first-order valence-electron chi connectivity index (χ1n) is 6.52. The molecule has 94 valence electrons. The fourth-order valence-corrected chi connectivity index (χ4v) is 3.28. The predicted octanol–water partition coefficient (Wildman–Crippen LogP) is 4.56. The van der Waals surface area contributed by atoms with Gasteiger partial charge in [-0.2, -0.15) is 0 Å². The molecule has 0 aromatic heterocycles. The second-order valence-corrected chi connectivity index (χ2v) is 6.30. The van der Waals surface area contributed by atoms with E-state index < -0.39 is 0 Å². The molecule has 2 N–H and O–H groups in total. The molecule has 1 atom stereocenters. The molecule has 2 heteroatoms. The largest absolute Gasteiger partial charge is 0.324 e. The molecule has 1 aromatic rings. The standard InChI is InChI=1S/C15H22BrN/c1-9-7-10(2)15(16)11(3)14(9)13(17)8-12-5-4-6-12/h7,12-13H,4-6,8,17H2,1-3H3. The Labute approximate surface area is 113 Å². The molecule has 1 aromatic carbocycles. The van der Waals surface area contributed by atoms with Gasteiger partial charge in [0.1, 0.15) is 0 Å². The van der Waals surface area contributed by atoms with Crippen LogP contribution in [0.3, 0.4) is 0 Å². The van der Waals surface area contributed by atoms with Crippen LogP contribution in [0.5, 0.6) is 0 Å². The number of hydrogen-bond donors (Lipinski definition) is 1.